The van der Waals surface area contributed by atoms with Gasteiger partial charge in [0.2, 0.25) is 5.91 Å². The van der Waals surface area contributed by atoms with E-state index in [0.717, 1.165) is 17.2 Å². The Labute approximate surface area is 71.7 Å². The number of urea groups is 1. The highest BCUT2D eigenvalue weighted by Gasteiger charge is 2.23. The summed E-state index contributed by atoms with van der Waals surface area (Å²) in [5.74, 6) is 0.546. The average molecular weight is 170 g/mol. The number of nitrogens with two attached hydrogens (primary N) is 1. The molecule has 1 saturated carbocycles. The number of carbonyl (C=O) groups excluding carboxylic acids is 2. The van der Waals surface area contributed by atoms with Crippen LogP contribution in [-0.4, -0.2) is 23.9 Å². The van der Waals surface area contributed by atoms with Crippen molar-refractivity contribution in [1.29, 1.82) is 0 Å². The lowest BCUT2D eigenvalue weighted by Crippen LogP contribution is -2.37. The van der Waals surface area contributed by atoms with E-state index in [2.05, 4.69) is 0 Å². The molecule has 0 radical (unpaired) electrons. The van der Waals surface area contributed by atoms with Gasteiger partial charge in [0.25, 0.3) is 0 Å². The summed E-state index contributed by atoms with van der Waals surface area (Å²) < 4.78 is 0. The average Bonchev–Trinajstić information content (AvgIpc) is 2.81. The van der Waals surface area contributed by atoms with Gasteiger partial charge in [0.1, 0.15) is 0 Å². The Bertz CT molecular complexity index is 199. The maximum Gasteiger partial charge on any atom is 0.321 e. The first-order valence-corrected chi connectivity index (χ1v) is 4.17. The molecule has 4 nitrogen and oxygen atoms in total. The summed E-state index contributed by atoms with van der Waals surface area (Å²) >= 11 is 0. The third-order valence-corrected chi connectivity index (χ3v) is 2.17. The standard InChI is InChI=1S/C8H14N2O2/c1-10(8(9)12)7(11)5-4-6-2-3-6/h6H,2-5H2,1H3,(H2,9,12). The molecule has 0 spiro atoms. The molecule has 0 aromatic heterocycles. The van der Waals surface area contributed by atoms with Gasteiger partial charge in [-0.15, -0.1) is 0 Å². The summed E-state index contributed by atoms with van der Waals surface area (Å²) in [4.78, 5) is 22.6. The fourth-order valence-corrected chi connectivity index (χ4v) is 1.02. The Morgan fingerprint density at radius 2 is 2.08 bits per heavy atom. The van der Waals surface area contributed by atoms with Gasteiger partial charge in [0, 0.05) is 13.5 Å². The SMILES string of the molecule is CN(C(N)=O)C(=O)CCC1CC1. The summed E-state index contributed by atoms with van der Waals surface area (Å²) in [5, 5.41) is 0. The molecular weight excluding hydrogens is 156 g/mol. The van der Waals surface area contributed by atoms with Crippen LogP contribution in [0.4, 0.5) is 4.79 Å². The number of imide groups is 1. The summed E-state index contributed by atoms with van der Waals surface area (Å²) in [7, 11) is 1.41. The first kappa shape index (κ1) is 9.03. The van der Waals surface area contributed by atoms with Crippen LogP contribution in [0.15, 0.2) is 0 Å². The first-order valence-electron chi connectivity index (χ1n) is 4.17. The number of rotatable bonds is 3. The molecule has 0 unspecified atom stereocenters. The second kappa shape index (κ2) is 3.56. The molecular formula is C8H14N2O2. The number of hydrogen-bond donors (Lipinski definition) is 1. The molecule has 1 fully saturated rings. The van der Waals surface area contributed by atoms with Crippen LogP contribution in [0.3, 0.4) is 0 Å². The Kier molecular flexibility index (Phi) is 2.68. The van der Waals surface area contributed by atoms with Crippen molar-refractivity contribution in [2.24, 2.45) is 11.7 Å². The lowest BCUT2D eigenvalue weighted by molar-refractivity contribution is -0.127. The highest BCUT2D eigenvalue weighted by Crippen LogP contribution is 2.33. The molecule has 1 rings (SSSR count). The minimum Gasteiger partial charge on any atom is -0.351 e. The Morgan fingerprint density at radius 1 is 1.50 bits per heavy atom. The molecule has 2 N–H and O–H groups in total. The van der Waals surface area contributed by atoms with Crippen molar-refractivity contribution in [2.45, 2.75) is 25.7 Å². The fraction of sp³-hybridized carbons (Fsp3) is 0.750. The maximum absolute atomic E-state index is 11.1. The molecule has 0 bridgehead atoms. The number of carbonyl (C=O) groups is 2. The number of primary amides is 1. The Morgan fingerprint density at radius 3 is 2.50 bits per heavy atom. The topological polar surface area (TPSA) is 63.4 Å². The van der Waals surface area contributed by atoms with Gasteiger partial charge in [0.15, 0.2) is 0 Å². The van der Waals surface area contributed by atoms with Crippen LogP contribution in [0.25, 0.3) is 0 Å². The molecule has 0 atom stereocenters. The Hall–Kier alpha value is -1.06. The molecule has 0 aromatic rings. The molecule has 1 aliphatic rings. The van der Waals surface area contributed by atoms with E-state index in [4.69, 9.17) is 5.73 Å². The maximum atomic E-state index is 11.1. The van der Waals surface area contributed by atoms with Crippen molar-refractivity contribution in [3.8, 4) is 0 Å². The van der Waals surface area contributed by atoms with E-state index in [1.165, 1.54) is 19.9 Å². The predicted molar refractivity (Wildman–Crippen MR) is 44.3 cm³/mol. The van der Waals surface area contributed by atoms with Gasteiger partial charge in [0.05, 0.1) is 0 Å². The van der Waals surface area contributed by atoms with Crippen LogP contribution in [0.2, 0.25) is 0 Å². The third kappa shape index (κ3) is 2.53. The summed E-state index contributed by atoms with van der Waals surface area (Å²) in [6.45, 7) is 0. The van der Waals surface area contributed by atoms with Crippen LogP contribution >= 0.6 is 0 Å². The smallest absolute Gasteiger partial charge is 0.321 e. The lowest BCUT2D eigenvalue weighted by atomic mass is 10.2. The second-order valence-electron chi connectivity index (χ2n) is 3.27. The second-order valence-corrected chi connectivity index (χ2v) is 3.27. The van der Waals surface area contributed by atoms with E-state index in [9.17, 15) is 9.59 Å². The third-order valence-electron chi connectivity index (χ3n) is 2.17. The van der Waals surface area contributed by atoms with Crippen molar-refractivity contribution >= 4 is 11.9 Å². The number of hydrogen-bond acceptors (Lipinski definition) is 2. The molecule has 0 aromatic carbocycles. The molecule has 68 valence electrons. The van der Waals surface area contributed by atoms with Crippen molar-refractivity contribution < 1.29 is 9.59 Å². The molecule has 0 heterocycles. The van der Waals surface area contributed by atoms with E-state index in [-0.39, 0.29) is 5.91 Å². The minimum atomic E-state index is -0.671. The van der Waals surface area contributed by atoms with Crippen molar-refractivity contribution in [3.63, 3.8) is 0 Å². The zero-order valence-corrected chi connectivity index (χ0v) is 7.25. The molecule has 1 aliphatic carbocycles. The summed E-state index contributed by atoms with van der Waals surface area (Å²) in [6.07, 6.45) is 3.81. The van der Waals surface area contributed by atoms with Gasteiger partial charge >= 0.3 is 6.03 Å². The highest BCUT2D eigenvalue weighted by atomic mass is 16.2. The van der Waals surface area contributed by atoms with E-state index in [1.54, 1.807) is 0 Å². The van der Waals surface area contributed by atoms with E-state index in [1.807, 2.05) is 0 Å². The van der Waals surface area contributed by atoms with Gasteiger partial charge in [-0.25, -0.2) is 4.79 Å². The lowest BCUT2D eigenvalue weighted by Gasteiger charge is -2.11. The van der Waals surface area contributed by atoms with Crippen molar-refractivity contribution in [1.82, 2.24) is 4.90 Å². The molecule has 0 saturated heterocycles. The van der Waals surface area contributed by atoms with Crippen LogP contribution in [0.1, 0.15) is 25.7 Å². The van der Waals surface area contributed by atoms with Gasteiger partial charge in [-0.3, -0.25) is 9.69 Å². The van der Waals surface area contributed by atoms with E-state index < -0.39 is 6.03 Å². The zero-order chi connectivity index (χ0) is 9.14. The highest BCUT2D eigenvalue weighted by molar-refractivity contribution is 5.93. The van der Waals surface area contributed by atoms with Crippen LogP contribution in [0, 0.1) is 5.92 Å². The van der Waals surface area contributed by atoms with Gasteiger partial charge in [-0.05, 0) is 12.3 Å². The predicted octanol–water partition coefficient (Wildman–Crippen LogP) is 0.714. The Balaban J connectivity index is 2.21. The van der Waals surface area contributed by atoms with Crippen molar-refractivity contribution in [2.75, 3.05) is 7.05 Å². The quantitative estimate of drug-likeness (QED) is 0.678. The number of nitrogens with zero attached hydrogens (tertiary/aromatic N) is 1. The van der Waals surface area contributed by atoms with Crippen LogP contribution in [-0.2, 0) is 4.79 Å². The molecule has 3 amide bonds. The number of amides is 3. The first-order chi connectivity index (χ1) is 5.61. The fourth-order valence-electron chi connectivity index (χ4n) is 1.02. The molecule has 0 aliphatic heterocycles. The van der Waals surface area contributed by atoms with Crippen LogP contribution in [0.5, 0.6) is 0 Å². The normalized spacial score (nSPS) is 15.8. The van der Waals surface area contributed by atoms with Gasteiger partial charge in [-0.1, -0.05) is 12.8 Å². The molecule has 12 heavy (non-hydrogen) atoms. The molecule has 4 heteroatoms. The monoisotopic (exact) mass is 170 g/mol. The summed E-state index contributed by atoms with van der Waals surface area (Å²) in [5.41, 5.74) is 4.93. The van der Waals surface area contributed by atoms with E-state index >= 15 is 0 Å². The summed E-state index contributed by atoms with van der Waals surface area (Å²) in [6, 6.07) is -0.671. The van der Waals surface area contributed by atoms with E-state index in [0.29, 0.717) is 6.42 Å². The van der Waals surface area contributed by atoms with Gasteiger partial charge < -0.3 is 5.73 Å². The zero-order valence-electron chi connectivity index (χ0n) is 7.25. The largest absolute Gasteiger partial charge is 0.351 e. The minimum absolute atomic E-state index is 0.172. The van der Waals surface area contributed by atoms with Gasteiger partial charge in [-0.2, -0.15) is 0 Å². The van der Waals surface area contributed by atoms with Crippen LogP contribution < -0.4 is 5.73 Å². The van der Waals surface area contributed by atoms with Crippen molar-refractivity contribution in [3.05, 3.63) is 0 Å².